The van der Waals surface area contributed by atoms with Crippen LogP contribution < -0.4 is 42.4 Å². The highest BCUT2D eigenvalue weighted by Gasteiger charge is 2.42. The maximum Gasteiger partial charge on any atom is 0.407 e. The summed E-state index contributed by atoms with van der Waals surface area (Å²) in [7, 11) is 0. The number of carbonyl (C=O) groups is 5. The molecule has 6 amide bonds. The van der Waals surface area contributed by atoms with E-state index in [2.05, 4.69) is 76.1 Å². The van der Waals surface area contributed by atoms with Gasteiger partial charge in [0.1, 0.15) is 19.3 Å². The summed E-state index contributed by atoms with van der Waals surface area (Å²) < 4.78 is 34.3. The summed E-state index contributed by atoms with van der Waals surface area (Å²) in [5, 5.41) is 18.0. The van der Waals surface area contributed by atoms with Gasteiger partial charge in [-0.2, -0.15) is 21.7 Å². The standard InChI is InChI=1S/C58H77N11O11S/c59-56-68-53-52(63-38-64-53)55(69-56)79-35-40-22-20-39(21-23-40)34-78-33-32-77-31-30-76-29-28-75-27-26-61-54(72)46(16-9-11-25-62-58(74)80-36-45-43-14-5-3-12-41(43)42-13-4-6-15-44(42)45)65-50(71)19-2-1-10-24-60-49(70)18-8-7-17-48-51-47(37-81-48)66-57(73)67-51/h3-6,12-15,20-23,38,45-48,51H,1-2,7-11,16-19,24-37H2,(H,60,70)(H,61,72)(H,62,74)(H,65,71)(H2,66,67,73)(H3,59,63,64,68,69)/t46?,47-,48-,51-/m1/s1. The number of thioether (sulfide) groups is 1. The minimum Gasteiger partial charge on any atom is -0.471 e. The van der Waals surface area contributed by atoms with Crippen molar-refractivity contribution in [3.05, 3.63) is 101 Å². The minimum absolute atomic E-state index is 0.0198. The van der Waals surface area contributed by atoms with Gasteiger partial charge in [-0.15, -0.1) is 0 Å². The molecule has 1 unspecified atom stereocenters. The molecule has 5 aromatic rings. The van der Waals surface area contributed by atoms with Gasteiger partial charge in [-0.1, -0.05) is 85.6 Å². The van der Waals surface area contributed by atoms with Crippen LogP contribution in [0.3, 0.4) is 0 Å². The van der Waals surface area contributed by atoms with E-state index in [0.717, 1.165) is 71.2 Å². The van der Waals surface area contributed by atoms with Crippen LogP contribution in [0.2, 0.25) is 0 Å². The van der Waals surface area contributed by atoms with Crippen molar-refractivity contribution < 1.29 is 52.4 Å². The van der Waals surface area contributed by atoms with Crippen molar-refractivity contribution in [3.8, 4) is 17.0 Å². The minimum atomic E-state index is -0.770. The van der Waals surface area contributed by atoms with E-state index in [1.54, 1.807) is 0 Å². The Balaban J connectivity index is 0.653. The van der Waals surface area contributed by atoms with Gasteiger partial charge in [0.2, 0.25) is 29.5 Å². The Bertz CT molecular complexity index is 2760. The average Bonchev–Trinajstić information content (AvgIpc) is 4.43. The van der Waals surface area contributed by atoms with Crippen LogP contribution in [0.1, 0.15) is 98.8 Å². The number of benzene rings is 3. The van der Waals surface area contributed by atoms with Gasteiger partial charge in [0.05, 0.1) is 71.3 Å². The lowest BCUT2D eigenvalue weighted by Gasteiger charge is -2.19. The number of hydrogen-bond donors (Lipinski definition) is 8. The number of urea groups is 1. The number of nitrogen functional groups attached to an aromatic ring is 1. The quantitative estimate of drug-likeness (QED) is 0.0172. The fourth-order valence-corrected chi connectivity index (χ4v) is 11.6. The number of alkyl carbamates (subject to hydrolysis) is 1. The highest BCUT2D eigenvalue weighted by atomic mass is 32.2. The van der Waals surface area contributed by atoms with Gasteiger partial charge in [0, 0.05) is 49.4 Å². The van der Waals surface area contributed by atoms with Crippen LogP contribution in [0, 0.1) is 0 Å². The number of ether oxygens (including phenoxy) is 6. The molecule has 2 aliphatic heterocycles. The molecule has 0 bridgehead atoms. The predicted molar refractivity (Wildman–Crippen MR) is 306 cm³/mol. The first-order valence-electron chi connectivity index (χ1n) is 28.3. The molecule has 8 rings (SSSR count). The first kappa shape index (κ1) is 60.1. The molecule has 0 saturated carbocycles. The van der Waals surface area contributed by atoms with Crippen LogP contribution in [-0.4, -0.2) is 151 Å². The van der Waals surface area contributed by atoms with Crippen molar-refractivity contribution in [1.82, 2.24) is 51.8 Å². The first-order valence-corrected chi connectivity index (χ1v) is 29.3. The van der Waals surface area contributed by atoms with Crippen LogP contribution in [-0.2, 0) is 51.3 Å². The van der Waals surface area contributed by atoms with Crippen molar-refractivity contribution in [3.63, 3.8) is 0 Å². The smallest absolute Gasteiger partial charge is 0.407 e. The normalized spacial score (nSPS) is 16.4. The number of amides is 6. The zero-order chi connectivity index (χ0) is 56.4. The largest absolute Gasteiger partial charge is 0.471 e. The Hall–Kier alpha value is -7.05. The number of hydrogen-bond acceptors (Lipinski definition) is 16. The van der Waals surface area contributed by atoms with E-state index >= 15 is 0 Å². The number of nitrogens with two attached hydrogens (primary N) is 1. The number of aromatic nitrogens is 4. The SMILES string of the molecule is Nc1nc(OCc2ccc(COCCOCCOCCOCCNC(=O)C(CCCCNC(=O)OCC3c4ccccc4-c4ccccc43)NC(=O)CCCCCNC(=O)CCCC[C@H]3SC[C@H]4NC(=O)N[C@H]43)cc2)c2nc[nH]c2n1. The van der Waals surface area contributed by atoms with Gasteiger partial charge in [-0.3, -0.25) is 14.4 Å². The van der Waals surface area contributed by atoms with E-state index in [9.17, 15) is 24.0 Å². The molecule has 4 heterocycles. The van der Waals surface area contributed by atoms with E-state index in [0.29, 0.717) is 120 Å². The Labute approximate surface area is 476 Å². The molecule has 0 radical (unpaired) electrons. The second kappa shape index (κ2) is 32.4. The van der Waals surface area contributed by atoms with Crippen LogP contribution in [0.4, 0.5) is 15.5 Å². The van der Waals surface area contributed by atoms with Crippen molar-refractivity contribution in [2.75, 3.05) is 84.0 Å². The molecule has 1 aliphatic carbocycles. The van der Waals surface area contributed by atoms with Crippen molar-refractivity contribution in [2.45, 2.75) is 113 Å². The van der Waals surface area contributed by atoms with E-state index in [-0.39, 0.29) is 73.9 Å². The summed E-state index contributed by atoms with van der Waals surface area (Å²) in [6, 6.07) is 23.8. The van der Waals surface area contributed by atoms with E-state index in [4.69, 9.17) is 34.2 Å². The number of carbonyl (C=O) groups excluding carboxylic acids is 5. The van der Waals surface area contributed by atoms with E-state index in [1.807, 2.05) is 60.3 Å². The maximum absolute atomic E-state index is 13.4. The number of rotatable bonds is 37. The second-order valence-electron chi connectivity index (χ2n) is 20.2. The second-order valence-corrected chi connectivity index (χ2v) is 21.4. The zero-order valence-corrected chi connectivity index (χ0v) is 46.7. The van der Waals surface area contributed by atoms with Gasteiger partial charge >= 0.3 is 12.1 Å². The van der Waals surface area contributed by atoms with E-state index in [1.165, 1.54) is 6.33 Å². The number of aromatic amines is 1. The van der Waals surface area contributed by atoms with Crippen LogP contribution >= 0.6 is 11.8 Å². The molecule has 436 valence electrons. The number of fused-ring (bicyclic) bond motifs is 5. The number of unbranched alkanes of at least 4 members (excludes halogenated alkanes) is 4. The molecular formula is C58H77N11O11S. The number of H-pyrrole nitrogens is 1. The zero-order valence-electron chi connectivity index (χ0n) is 45.9. The lowest BCUT2D eigenvalue weighted by Crippen LogP contribution is -2.47. The molecular weight excluding hydrogens is 1060 g/mol. The summed E-state index contributed by atoms with van der Waals surface area (Å²) in [4.78, 5) is 78.8. The Kier molecular flexibility index (Phi) is 24.0. The molecule has 0 spiro atoms. The van der Waals surface area contributed by atoms with Crippen LogP contribution in [0.25, 0.3) is 22.3 Å². The van der Waals surface area contributed by atoms with Gasteiger partial charge in [0.25, 0.3) is 0 Å². The lowest BCUT2D eigenvalue weighted by atomic mass is 9.98. The molecule has 2 aromatic heterocycles. The van der Waals surface area contributed by atoms with Gasteiger partial charge in [0.15, 0.2) is 11.2 Å². The Morgan fingerprint density at radius 2 is 1.33 bits per heavy atom. The number of nitrogens with zero attached hydrogens (tertiary/aromatic N) is 3. The Morgan fingerprint density at radius 1 is 0.679 bits per heavy atom. The summed E-state index contributed by atoms with van der Waals surface area (Å²) >= 11 is 1.88. The number of anilines is 1. The maximum atomic E-state index is 13.4. The molecule has 4 atom stereocenters. The van der Waals surface area contributed by atoms with Gasteiger partial charge < -0.3 is 71.0 Å². The Morgan fingerprint density at radius 3 is 2.09 bits per heavy atom. The van der Waals surface area contributed by atoms with Gasteiger partial charge in [-0.25, -0.2) is 14.6 Å². The fourth-order valence-electron chi connectivity index (χ4n) is 10.1. The van der Waals surface area contributed by atoms with Crippen molar-refractivity contribution in [1.29, 1.82) is 0 Å². The molecule has 23 heteroatoms. The lowest BCUT2D eigenvalue weighted by molar-refractivity contribution is -0.129. The third-order valence-electron chi connectivity index (χ3n) is 14.3. The third-order valence-corrected chi connectivity index (χ3v) is 15.8. The highest BCUT2D eigenvalue weighted by Crippen LogP contribution is 2.44. The predicted octanol–water partition coefficient (Wildman–Crippen LogP) is 5.79. The summed E-state index contributed by atoms with van der Waals surface area (Å²) in [6.07, 6.45) is 8.01. The third kappa shape index (κ3) is 19.0. The van der Waals surface area contributed by atoms with Crippen molar-refractivity contribution in [2.24, 2.45) is 0 Å². The molecule has 81 heavy (non-hydrogen) atoms. The molecule has 2 saturated heterocycles. The van der Waals surface area contributed by atoms with Crippen LogP contribution in [0.15, 0.2) is 79.1 Å². The molecule has 3 aliphatic rings. The fraction of sp³-hybridized carbons (Fsp3) is 0.517. The monoisotopic (exact) mass is 1140 g/mol. The summed E-state index contributed by atoms with van der Waals surface area (Å²) in [6.45, 7) is 4.65. The number of imidazole rings is 1. The highest BCUT2D eigenvalue weighted by molar-refractivity contribution is 8.00. The van der Waals surface area contributed by atoms with Crippen LogP contribution in [0.5, 0.6) is 5.88 Å². The number of nitrogens with one attached hydrogen (secondary N) is 7. The summed E-state index contributed by atoms with van der Waals surface area (Å²) in [5.74, 6) is 0.785. The molecule has 3 aromatic carbocycles. The molecule has 2 fully saturated rings. The van der Waals surface area contributed by atoms with E-state index < -0.39 is 12.1 Å². The topological polar surface area (TPSA) is 293 Å². The van der Waals surface area contributed by atoms with Gasteiger partial charge in [-0.05, 0) is 78.3 Å². The van der Waals surface area contributed by atoms with Crippen molar-refractivity contribution >= 4 is 58.7 Å². The first-order chi connectivity index (χ1) is 39.7. The summed E-state index contributed by atoms with van der Waals surface area (Å²) in [5.41, 5.74) is 13.4. The molecule has 9 N–H and O–H groups in total. The average molecular weight is 1140 g/mol. The molecule has 22 nitrogen and oxygen atoms in total.